The number of hydrogen-bond acceptors (Lipinski definition) is 3. The predicted molar refractivity (Wildman–Crippen MR) is 69.1 cm³/mol. The van der Waals surface area contributed by atoms with Crippen molar-refractivity contribution in [3.63, 3.8) is 0 Å². The molecular formula is C13H13N3O3. The summed E-state index contributed by atoms with van der Waals surface area (Å²) in [6.45, 7) is 1.97. The Hall–Kier alpha value is -2.63. The van der Waals surface area contributed by atoms with Crippen molar-refractivity contribution in [3.8, 4) is 0 Å². The van der Waals surface area contributed by atoms with E-state index >= 15 is 0 Å². The third kappa shape index (κ3) is 3.41. The minimum Gasteiger partial charge on any atom is -0.477 e. The molecule has 0 unspecified atom stereocenters. The molecule has 0 aliphatic heterocycles. The molecule has 0 aliphatic rings. The van der Waals surface area contributed by atoms with Crippen molar-refractivity contribution < 1.29 is 14.7 Å². The lowest BCUT2D eigenvalue weighted by Crippen LogP contribution is -2.14. The molecule has 98 valence electrons. The number of carboxylic acids is 1. The largest absolute Gasteiger partial charge is 0.477 e. The number of nitrogens with zero attached hydrogens (tertiary/aromatic N) is 1. The van der Waals surface area contributed by atoms with Gasteiger partial charge in [-0.25, -0.2) is 4.79 Å². The van der Waals surface area contributed by atoms with Gasteiger partial charge in [0.1, 0.15) is 5.69 Å². The second-order valence-corrected chi connectivity index (χ2v) is 4.18. The summed E-state index contributed by atoms with van der Waals surface area (Å²) in [5.74, 6) is -1.16. The summed E-state index contributed by atoms with van der Waals surface area (Å²) in [5, 5.41) is 17.3. The molecule has 0 aliphatic carbocycles. The topological polar surface area (TPSA) is 95.1 Å². The van der Waals surface area contributed by atoms with E-state index in [0.29, 0.717) is 0 Å². The van der Waals surface area contributed by atoms with Gasteiger partial charge in [0.05, 0.1) is 6.42 Å². The molecule has 1 heterocycles. The number of carbonyl (C=O) groups excluding carboxylic acids is 1. The van der Waals surface area contributed by atoms with E-state index in [-0.39, 0.29) is 23.8 Å². The Bertz CT molecular complexity index is 602. The number of aromatic amines is 1. The molecule has 6 heteroatoms. The van der Waals surface area contributed by atoms with Crippen LogP contribution < -0.4 is 5.32 Å². The van der Waals surface area contributed by atoms with E-state index in [4.69, 9.17) is 5.11 Å². The first-order valence-electron chi connectivity index (χ1n) is 5.68. The third-order valence-corrected chi connectivity index (χ3v) is 2.56. The van der Waals surface area contributed by atoms with Crippen molar-refractivity contribution in [1.29, 1.82) is 0 Å². The first-order valence-corrected chi connectivity index (χ1v) is 5.68. The summed E-state index contributed by atoms with van der Waals surface area (Å²) in [5.41, 5.74) is 1.95. The number of carboxylic acid groups (broad SMARTS) is 1. The zero-order chi connectivity index (χ0) is 13.8. The van der Waals surface area contributed by atoms with Gasteiger partial charge in [-0.15, -0.1) is 0 Å². The molecular weight excluding hydrogens is 246 g/mol. The number of aromatic carboxylic acids is 1. The Morgan fingerprint density at radius 1 is 1.32 bits per heavy atom. The Morgan fingerprint density at radius 3 is 2.58 bits per heavy atom. The molecule has 1 aromatic carbocycles. The van der Waals surface area contributed by atoms with Crippen LogP contribution >= 0.6 is 0 Å². The van der Waals surface area contributed by atoms with Gasteiger partial charge >= 0.3 is 5.97 Å². The summed E-state index contributed by atoms with van der Waals surface area (Å²) in [6, 6.07) is 8.89. The van der Waals surface area contributed by atoms with E-state index in [1.54, 1.807) is 0 Å². The number of hydrogen-bond donors (Lipinski definition) is 3. The quantitative estimate of drug-likeness (QED) is 0.777. The maximum atomic E-state index is 11.7. The molecule has 0 fully saturated rings. The van der Waals surface area contributed by atoms with Crippen molar-refractivity contribution in [3.05, 3.63) is 47.2 Å². The normalized spacial score (nSPS) is 10.2. The number of nitrogens with one attached hydrogen (secondary N) is 2. The summed E-state index contributed by atoms with van der Waals surface area (Å²) in [4.78, 5) is 22.4. The number of anilines is 1. The molecule has 0 radical (unpaired) electrons. The molecule has 3 N–H and O–H groups in total. The number of carbonyl (C=O) groups is 2. The fraction of sp³-hybridized carbons (Fsp3) is 0.154. The monoisotopic (exact) mass is 259 g/mol. The van der Waals surface area contributed by atoms with Crippen molar-refractivity contribution in [1.82, 2.24) is 10.2 Å². The molecule has 19 heavy (non-hydrogen) atoms. The standard InChI is InChI=1S/C13H13N3O3/c1-8-2-4-9(5-3-8)6-12(17)14-11-7-10(13(18)19)15-16-11/h2-5,7H,6H2,1H3,(H,18,19)(H2,14,15,16,17). The van der Waals surface area contributed by atoms with Crippen LogP contribution in [0.1, 0.15) is 21.6 Å². The maximum absolute atomic E-state index is 11.7. The summed E-state index contributed by atoms with van der Waals surface area (Å²) in [6.07, 6.45) is 0.218. The summed E-state index contributed by atoms with van der Waals surface area (Å²) < 4.78 is 0. The van der Waals surface area contributed by atoms with Crippen LogP contribution in [0.15, 0.2) is 30.3 Å². The molecule has 2 aromatic rings. The number of H-pyrrole nitrogens is 1. The van der Waals surface area contributed by atoms with Crippen LogP contribution in [0.2, 0.25) is 0 Å². The first-order chi connectivity index (χ1) is 9.04. The average molecular weight is 259 g/mol. The highest BCUT2D eigenvalue weighted by Gasteiger charge is 2.10. The van der Waals surface area contributed by atoms with Crippen LogP contribution in [0.4, 0.5) is 5.82 Å². The van der Waals surface area contributed by atoms with Crippen LogP contribution in [0.3, 0.4) is 0 Å². The maximum Gasteiger partial charge on any atom is 0.353 e. The highest BCUT2D eigenvalue weighted by Crippen LogP contribution is 2.08. The summed E-state index contributed by atoms with van der Waals surface area (Å²) >= 11 is 0. The van der Waals surface area contributed by atoms with Crippen LogP contribution in [-0.4, -0.2) is 27.2 Å². The van der Waals surface area contributed by atoms with E-state index < -0.39 is 5.97 Å². The van der Waals surface area contributed by atoms with Gasteiger partial charge in [-0.1, -0.05) is 29.8 Å². The fourth-order valence-electron chi connectivity index (χ4n) is 1.57. The fourth-order valence-corrected chi connectivity index (χ4v) is 1.57. The van der Waals surface area contributed by atoms with E-state index in [9.17, 15) is 9.59 Å². The van der Waals surface area contributed by atoms with Gasteiger partial charge < -0.3 is 10.4 Å². The van der Waals surface area contributed by atoms with Crippen molar-refractivity contribution >= 4 is 17.7 Å². The SMILES string of the molecule is Cc1ccc(CC(=O)Nc2cc(C(=O)O)[nH]n2)cc1. The molecule has 0 bridgehead atoms. The van der Waals surface area contributed by atoms with Crippen molar-refractivity contribution in [2.45, 2.75) is 13.3 Å². The van der Waals surface area contributed by atoms with E-state index in [0.717, 1.165) is 11.1 Å². The van der Waals surface area contributed by atoms with E-state index in [1.165, 1.54) is 6.07 Å². The van der Waals surface area contributed by atoms with Gasteiger partial charge in [0.15, 0.2) is 5.82 Å². The predicted octanol–water partition coefficient (Wildman–Crippen LogP) is 1.60. The van der Waals surface area contributed by atoms with Gasteiger partial charge in [0, 0.05) is 6.07 Å². The zero-order valence-corrected chi connectivity index (χ0v) is 10.3. The smallest absolute Gasteiger partial charge is 0.353 e. The molecule has 1 amide bonds. The number of amides is 1. The van der Waals surface area contributed by atoms with E-state index in [1.807, 2.05) is 31.2 Å². The Balaban J connectivity index is 1.97. The third-order valence-electron chi connectivity index (χ3n) is 2.56. The number of aryl methyl sites for hydroxylation is 1. The molecule has 0 spiro atoms. The Morgan fingerprint density at radius 2 is 2.00 bits per heavy atom. The molecule has 6 nitrogen and oxygen atoms in total. The second kappa shape index (κ2) is 5.34. The van der Waals surface area contributed by atoms with Crippen LogP contribution in [0.5, 0.6) is 0 Å². The zero-order valence-electron chi connectivity index (χ0n) is 10.3. The number of benzene rings is 1. The number of rotatable bonds is 4. The van der Waals surface area contributed by atoms with Gasteiger partial charge in [0.2, 0.25) is 5.91 Å². The lowest BCUT2D eigenvalue weighted by Gasteiger charge is -2.02. The molecule has 0 saturated carbocycles. The molecule has 2 rings (SSSR count). The van der Waals surface area contributed by atoms with Gasteiger partial charge in [0.25, 0.3) is 0 Å². The lowest BCUT2D eigenvalue weighted by molar-refractivity contribution is -0.115. The second-order valence-electron chi connectivity index (χ2n) is 4.18. The van der Waals surface area contributed by atoms with Gasteiger partial charge in [-0.3, -0.25) is 9.89 Å². The highest BCUT2D eigenvalue weighted by atomic mass is 16.4. The van der Waals surface area contributed by atoms with Crippen LogP contribution in [0, 0.1) is 6.92 Å². The lowest BCUT2D eigenvalue weighted by atomic mass is 10.1. The van der Waals surface area contributed by atoms with Crippen LogP contribution in [-0.2, 0) is 11.2 Å². The molecule has 1 aromatic heterocycles. The van der Waals surface area contributed by atoms with Crippen LogP contribution in [0.25, 0.3) is 0 Å². The Kier molecular flexibility index (Phi) is 3.61. The number of aromatic nitrogens is 2. The minimum atomic E-state index is -1.12. The van der Waals surface area contributed by atoms with E-state index in [2.05, 4.69) is 15.5 Å². The average Bonchev–Trinajstić information content (AvgIpc) is 2.80. The molecule has 0 atom stereocenters. The highest BCUT2D eigenvalue weighted by molar-refractivity contribution is 5.93. The Labute approximate surface area is 109 Å². The minimum absolute atomic E-state index is 0.0642. The first kappa shape index (κ1) is 12.8. The van der Waals surface area contributed by atoms with Crippen molar-refractivity contribution in [2.24, 2.45) is 0 Å². The van der Waals surface area contributed by atoms with Gasteiger partial charge in [-0.2, -0.15) is 5.10 Å². The van der Waals surface area contributed by atoms with Gasteiger partial charge in [-0.05, 0) is 12.5 Å². The van der Waals surface area contributed by atoms with Crippen molar-refractivity contribution in [2.75, 3.05) is 5.32 Å². The summed E-state index contributed by atoms with van der Waals surface area (Å²) in [7, 11) is 0. The molecule has 0 saturated heterocycles.